The van der Waals surface area contributed by atoms with Crippen molar-refractivity contribution < 1.29 is 13.2 Å². The molecular formula is C16H25NO3S. The van der Waals surface area contributed by atoms with Gasteiger partial charge in [0.1, 0.15) is 5.75 Å². The number of methoxy groups -OCH3 is 1. The summed E-state index contributed by atoms with van der Waals surface area (Å²) >= 11 is 0. The lowest BCUT2D eigenvalue weighted by Gasteiger charge is -2.32. The molecule has 1 aliphatic heterocycles. The molecule has 1 saturated heterocycles. The average Bonchev–Trinajstić information content (AvgIpc) is 2.45. The van der Waals surface area contributed by atoms with Crippen LogP contribution >= 0.6 is 0 Å². The minimum atomic E-state index is -3.05. The Bertz CT molecular complexity index is 583. The predicted molar refractivity (Wildman–Crippen MR) is 85.6 cm³/mol. The normalized spacial score (nSPS) is 22.7. The van der Waals surface area contributed by atoms with Crippen LogP contribution < -0.4 is 10.1 Å². The first-order chi connectivity index (χ1) is 9.99. The Kier molecular flexibility index (Phi) is 5.27. The van der Waals surface area contributed by atoms with Gasteiger partial charge in [-0.05, 0) is 32.4 Å². The number of benzene rings is 1. The summed E-state index contributed by atoms with van der Waals surface area (Å²) in [5.74, 6) is 1.06. The molecule has 0 saturated carbocycles. The van der Waals surface area contributed by atoms with E-state index in [9.17, 15) is 8.42 Å². The van der Waals surface area contributed by atoms with Crippen LogP contribution in [0.1, 0.15) is 43.4 Å². The molecule has 5 heteroatoms. The lowest BCUT2D eigenvalue weighted by Crippen LogP contribution is -2.40. The van der Waals surface area contributed by atoms with Crippen molar-refractivity contribution in [2.75, 3.05) is 19.4 Å². The monoisotopic (exact) mass is 311 g/mol. The third-order valence-corrected chi connectivity index (χ3v) is 6.43. The second-order valence-corrected chi connectivity index (χ2v) is 8.02. The molecule has 2 atom stereocenters. The van der Waals surface area contributed by atoms with Crippen LogP contribution in [-0.2, 0) is 9.84 Å². The number of ether oxygens (including phenoxy) is 1. The first-order valence-electron chi connectivity index (χ1n) is 7.59. The van der Waals surface area contributed by atoms with Crippen LogP contribution in [0.2, 0.25) is 0 Å². The zero-order chi connectivity index (χ0) is 15.5. The number of rotatable bonds is 5. The number of aryl methyl sites for hydroxylation is 1. The highest BCUT2D eigenvalue weighted by Gasteiger charge is 2.37. The van der Waals surface area contributed by atoms with Crippen molar-refractivity contribution in [2.45, 2.75) is 44.4 Å². The van der Waals surface area contributed by atoms with E-state index in [1.165, 1.54) is 0 Å². The van der Waals surface area contributed by atoms with Gasteiger partial charge in [-0.25, -0.2) is 8.42 Å². The van der Waals surface area contributed by atoms with Crippen LogP contribution in [0.4, 0.5) is 0 Å². The predicted octanol–water partition coefficient (Wildman–Crippen LogP) is 2.62. The van der Waals surface area contributed by atoms with Crippen molar-refractivity contribution in [3.8, 4) is 5.75 Å². The molecule has 21 heavy (non-hydrogen) atoms. The van der Waals surface area contributed by atoms with Gasteiger partial charge in [0, 0.05) is 5.56 Å². The van der Waals surface area contributed by atoms with Gasteiger partial charge in [0.2, 0.25) is 0 Å². The summed E-state index contributed by atoms with van der Waals surface area (Å²) in [6, 6.07) is 5.75. The van der Waals surface area contributed by atoms with Gasteiger partial charge in [0.25, 0.3) is 0 Å². The molecule has 1 aromatic rings. The average molecular weight is 311 g/mol. The molecule has 0 spiro atoms. The molecule has 1 fully saturated rings. The zero-order valence-electron chi connectivity index (χ0n) is 13.1. The van der Waals surface area contributed by atoms with E-state index in [4.69, 9.17) is 4.74 Å². The van der Waals surface area contributed by atoms with E-state index in [2.05, 4.69) is 5.32 Å². The molecule has 1 aromatic carbocycles. The molecule has 1 N–H and O–H groups in total. The topological polar surface area (TPSA) is 55.4 Å². The third-order valence-electron chi connectivity index (χ3n) is 4.14. The Morgan fingerprint density at radius 1 is 1.38 bits per heavy atom. The second kappa shape index (κ2) is 6.79. The largest absolute Gasteiger partial charge is 0.496 e. The van der Waals surface area contributed by atoms with E-state index in [1.54, 1.807) is 7.11 Å². The van der Waals surface area contributed by atoms with Crippen LogP contribution in [0.5, 0.6) is 5.75 Å². The molecule has 1 aliphatic rings. The van der Waals surface area contributed by atoms with Crippen LogP contribution in [0.15, 0.2) is 18.2 Å². The molecule has 118 valence electrons. The maximum Gasteiger partial charge on any atom is 0.155 e. The van der Waals surface area contributed by atoms with Gasteiger partial charge in [-0.15, -0.1) is 0 Å². The highest BCUT2D eigenvalue weighted by Crippen LogP contribution is 2.35. The first-order valence-corrected chi connectivity index (χ1v) is 9.30. The molecule has 4 nitrogen and oxygen atoms in total. The number of hydrogen-bond donors (Lipinski definition) is 1. The molecule has 0 bridgehead atoms. The zero-order valence-corrected chi connectivity index (χ0v) is 13.9. The minimum Gasteiger partial charge on any atom is -0.496 e. The molecule has 0 amide bonds. The fourth-order valence-corrected chi connectivity index (χ4v) is 5.20. The van der Waals surface area contributed by atoms with E-state index in [0.29, 0.717) is 5.75 Å². The molecular weight excluding hydrogens is 286 g/mol. The summed E-state index contributed by atoms with van der Waals surface area (Å²) in [6.07, 6.45) is 2.47. The van der Waals surface area contributed by atoms with Gasteiger partial charge < -0.3 is 10.1 Å². The Labute approximate surface area is 127 Å². The highest BCUT2D eigenvalue weighted by molar-refractivity contribution is 7.92. The SMILES string of the molecule is CCNC(c1cc(C)ccc1OC)C1CCCCS1(=O)=O. The van der Waals surface area contributed by atoms with Crippen molar-refractivity contribution in [1.29, 1.82) is 0 Å². The molecule has 0 aliphatic carbocycles. The summed E-state index contributed by atoms with van der Waals surface area (Å²) in [5, 5.41) is 3.01. The summed E-state index contributed by atoms with van der Waals surface area (Å²) in [4.78, 5) is 0. The van der Waals surface area contributed by atoms with Crippen LogP contribution in [0.3, 0.4) is 0 Å². The summed E-state index contributed by atoms with van der Waals surface area (Å²) in [5.41, 5.74) is 2.07. The fourth-order valence-electron chi connectivity index (χ4n) is 3.11. The minimum absolute atomic E-state index is 0.199. The van der Waals surface area contributed by atoms with Crippen molar-refractivity contribution >= 4 is 9.84 Å². The maximum atomic E-state index is 12.5. The second-order valence-electron chi connectivity index (χ2n) is 5.68. The molecule has 2 rings (SSSR count). The smallest absolute Gasteiger partial charge is 0.155 e. The van der Waals surface area contributed by atoms with Crippen LogP contribution in [0, 0.1) is 6.92 Å². The van der Waals surface area contributed by atoms with Crippen molar-refractivity contribution in [3.63, 3.8) is 0 Å². The van der Waals surface area contributed by atoms with E-state index < -0.39 is 9.84 Å². The highest BCUT2D eigenvalue weighted by atomic mass is 32.2. The van der Waals surface area contributed by atoms with E-state index in [-0.39, 0.29) is 11.3 Å². The summed E-state index contributed by atoms with van der Waals surface area (Å²) in [7, 11) is -1.42. The lowest BCUT2D eigenvalue weighted by molar-refractivity contribution is 0.390. The summed E-state index contributed by atoms with van der Waals surface area (Å²) < 4.78 is 30.4. The van der Waals surface area contributed by atoms with Gasteiger partial charge in [-0.2, -0.15) is 0 Å². The van der Waals surface area contributed by atoms with Gasteiger partial charge in [-0.3, -0.25) is 0 Å². The van der Waals surface area contributed by atoms with Crippen molar-refractivity contribution in [2.24, 2.45) is 0 Å². The van der Waals surface area contributed by atoms with Crippen LogP contribution in [-0.4, -0.2) is 33.1 Å². The first kappa shape index (κ1) is 16.3. The Balaban J connectivity index is 2.45. The standard InChI is InChI=1S/C16H25NO3S/c1-4-17-16(15-7-5-6-10-21(15,18)19)13-11-12(2)8-9-14(13)20-3/h8-9,11,15-17H,4-7,10H2,1-3H3. The number of sulfone groups is 1. The van der Waals surface area contributed by atoms with Gasteiger partial charge >= 0.3 is 0 Å². The molecule has 0 aromatic heterocycles. The third kappa shape index (κ3) is 3.58. The Hall–Kier alpha value is -1.07. The number of hydrogen-bond acceptors (Lipinski definition) is 4. The molecule has 2 unspecified atom stereocenters. The molecule has 0 radical (unpaired) electrons. The summed E-state index contributed by atoms with van der Waals surface area (Å²) in [6.45, 7) is 4.75. The quantitative estimate of drug-likeness (QED) is 0.908. The van der Waals surface area contributed by atoms with Crippen LogP contribution in [0.25, 0.3) is 0 Å². The molecule has 1 heterocycles. The lowest BCUT2D eigenvalue weighted by atomic mass is 9.97. The number of nitrogens with one attached hydrogen (secondary N) is 1. The maximum absolute atomic E-state index is 12.5. The van der Waals surface area contributed by atoms with Gasteiger partial charge in [0.15, 0.2) is 9.84 Å². The van der Waals surface area contributed by atoms with Crippen molar-refractivity contribution in [1.82, 2.24) is 5.32 Å². The Morgan fingerprint density at radius 2 is 2.14 bits per heavy atom. The van der Waals surface area contributed by atoms with Gasteiger partial charge in [0.05, 0.1) is 24.2 Å². The van der Waals surface area contributed by atoms with E-state index >= 15 is 0 Å². The fraction of sp³-hybridized carbons (Fsp3) is 0.625. The van der Waals surface area contributed by atoms with E-state index in [1.807, 2.05) is 32.0 Å². The van der Waals surface area contributed by atoms with Gasteiger partial charge in [-0.1, -0.05) is 31.0 Å². The van der Waals surface area contributed by atoms with E-state index in [0.717, 1.165) is 42.7 Å². The Morgan fingerprint density at radius 3 is 2.76 bits per heavy atom. The van der Waals surface area contributed by atoms with Crippen molar-refractivity contribution in [3.05, 3.63) is 29.3 Å².